The highest BCUT2D eigenvalue weighted by Gasteiger charge is 2.55. The Morgan fingerprint density at radius 1 is 1.07 bits per heavy atom. The summed E-state index contributed by atoms with van der Waals surface area (Å²) in [5, 5.41) is 5.80. The number of nitrogens with zero attached hydrogens (tertiary/aromatic N) is 2. The van der Waals surface area contributed by atoms with Crippen LogP contribution in [0.25, 0.3) is 0 Å². The van der Waals surface area contributed by atoms with Gasteiger partial charge in [0.2, 0.25) is 20.0 Å². The molecule has 14 nitrogen and oxygen atoms in total. The number of amidine groups is 1. The van der Waals surface area contributed by atoms with Crippen molar-refractivity contribution in [3.63, 3.8) is 0 Å². The molecule has 46 heavy (non-hydrogen) atoms. The van der Waals surface area contributed by atoms with E-state index in [2.05, 4.69) is 24.5 Å². The molecule has 0 aromatic heterocycles. The van der Waals surface area contributed by atoms with Crippen LogP contribution in [0.5, 0.6) is 0 Å². The van der Waals surface area contributed by atoms with Crippen molar-refractivity contribution in [3.05, 3.63) is 53.6 Å². The fraction of sp³-hybridized carbons (Fsp3) is 0.483. The van der Waals surface area contributed by atoms with Crippen molar-refractivity contribution in [1.29, 1.82) is 0 Å². The molecular formula is C29H40N6O8S3. The Labute approximate surface area is 270 Å². The minimum absolute atomic E-state index is 0.0102. The Bertz CT molecular complexity index is 1880. The van der Waals surface area contributed by atoms with E-state index in [9.17, 15) is 34.8 Å². The van der Waals surface area contributed by atoms with Crippen molar-refractivity contribution in [3.8, 4) is 0 Å². The first-order chi connectivity index (χ1) is 21.4. The van der Waals surface area contributed by atoms with E-state index in [0.29, 0.717) is 19.5 Å². The highest BCUT2D eigenvalue weighted by atomic mass is 32.2. The SMILES string of the molecule is CNCCN(C)CCS(=O)(=O)NC1(CCC(C)C)C(=O)C(C2=NS(=O)(=O)c3cc(NS(C)(=O)=O)ccc3N2)C(=O)c2ccccc21. The summed E-state index contributed by atoms with van der Waals surface area (Å²) >= 11 is 0. The van der Waals surface area contributed by atoms with E-state index in [1.54, 1.807) is 32.3 Å². The summed E-state index contributed by atoms with van der Waals surface area (Å²) in [7, 11) is -8.80. The molecule has 4 N–H and O–H groups in total. The van der Waals surface area contributed by atoms with Crippen LogP contribution in [0, 0.1) is 11.8 Å². The van der Waals surface area contributed by atoms with Crippen LogP contribution in [-0.2, 0) is 40.4 Å². The predicted molar refractivity (Wildman–Crippen MR) is 177 cm³/mol. The van der Waals surface area contributed by atoms with Gasteiger partial charge in [-0.3, -0.25) is 14.3 Å². The van der Waals surface area contributed by atoms with Crippen LogP contribution in [0.4, 0.5) is 11.4 Å². The van der Waals surface area contributed by atoms with Crippen molar-refractivity contribution >= 4 is 58.8 Å². The van der Waals surface area contributed by atoms with Crippen LogP contribution < -0.4 is 20.1 Å². The molecule has 0 spiro atoms. The van der Waals surface area contributed by atoms with Crippen LogP contribution in [-0.4, -0.2) is 93.3 Å². The van der Waals surface area contributed by atoms with Crippen molar-refractivity contribution < 1.29 is 34.8 Å². The minimum Gasteiger partial charge on any atom is -0.341 e. The molecule has 2 aromatic rings. The molecule has 1 aliphatic carbocycles. The zero-order valence-electron chi connectivity index (χ0n) is 26.3. The van der Waals surface area contributed by atoms with Gasteiger partial charge >= 0.3 is 0 Å². The second kappa shape index (κ2) is 13.5. The zero-order valence-corrected chi connectivity index (χ0v) is 28.8. The Morgan fingerprint density at radius 3 is 2.41 bits per heavy atom. The summed E-state index contributed by atoms with van der Waals surface area (Å²) in [6.45, 7) is 5.26. The third kappa shape index (κ3) is 7.83. The maximum absolute atomic E-state index is 14.7. The van der Waals surface area contributed by atoms with Gasteiger partial charge in [-0.25, -0.2) is 16.8 Å². The summed E-state index contributed by atoms with van der Waals surface area (Å²) in [6, 6.07) is 9.91. The smallest absolute Gasteiger partial charge is 0.286 e. The number of hydrogen-bond donors (Lipinski definition) is 4. The van der Waals surface area contributed by atoms with Gasteiger partial charge < -0.3 is 15.5 Å². The van der Waals surface area contributed by atoms with Gasteiger partial charge in [-0.05, 0) is 56.6 Å². The van der Waals surface area contributed by atoms with Gasteiger partial charge in [-0.1, -0.05) is 38.1 Å². The predicted octanol–water partition coefficient (Wildman–Crippen LogP) is 1.35. The lowest BCUT2D eigenvalue weighted by Gasteiger charge is -2.41. The first kappa shape index (κ1) is 35.6. The molecule has 2 atom stereocenters. The van der Waals surface area contributed by atoms with Crippen molar-refractivity contribution in [1.82, 2.24) is 14.9 Å². The third-order valence-corrected chi connectivity index (χ3v) is 11.1. The second-order valence-electron chi connectivity index (χ2n) is 12.0. The topological polar surface area (TPSA) is 200 Å². The number of sulfonamides is 3. The van der Waals surface area contributed by atoms with E-state index in [1.165, 1.54) is 18.2 Å². The molecule has 2 aliphatic rings. The normalized spacial score (nSPS) is 21.0. The number of Topliss-reactive ketones (excluding diaryl/α,β-unsaturated/α-hetero) is 2. The Hall–Kier alpha value is -3.22. The summed E-state index contributed by atoms with van der Waals surface area (Å²) < 4.78 is 86.2. The van der Waals surface area contributed by atoms with Crippen LogP contribution in [0.2, 0.25) is 0 Å². The molecule has 0 amide bonds. The van der Waals surface area contributed by atoms with Crippen molar-refractivity contribution in [2.45, 2.75) is 37.1 Å². The van der Waals surface area contributed by atoms with Gasteiger partial charge in [0.15, 0.2) is 11.6 Å². The van der Waals surface area contributed by atoms with Gasteiger partial charge in [-0.2, -0.15) is 13.1 Å². The fourth-order valence-electron chi connectivity index (χ4n) is 5.48. The summed E-state index contributed by atoms with van der Waals surface area (Å²) in [5.41, 5.74) is -1.67. The number of fused-ring (bicyclic) bond motifs is 2. The van der Waals surface area contributed by atoms with Gasteiger partial charge in [0.1, 0.15) is 22.2 Å². The number of carbonyl (C=O) groups excluding carboxylic acids is 2. The molecule has 2 unspecified atom stereocenters. The van der Waals surface area contributed by atoms with E-state index in [0.717, 1.165) is 12.3 Å². The monoisotopic (exact) mass is 696 g/mol. The number of ketones is 2. The largest absolute Gasteiger partial charge is 0.341 e. The number of rotatable bonds is 14. The van der Waals surface area contributed by atoms with Gasteiger partial charge in [0, 0.05) is 30.9 Å². The second-order valence-corrected chi connectivity index (χ2v) is 17.2. The number of nitrogens with one attached hydrogen (secondary N) is 4. The highest BCUT2D eigenvalue weighted by molar-refractivity contribution is 7.92. The molecule has 0 radical (unpaired) electrons. The minimum atomic E-state index is -4.53. The summed E-state index contributed by atoms with van der Waals surface area (Å²) in [5.74, 6) is -4.09. The van der Waals surface area contributed by atoms with Gasteiger partial charge in [0.25, 0.3) is 10.0 Å². The van der Waals surface area contributed by atoms with Crippen LogP contribution >= 0.6 is 0 Å². The molecule has 1 heterocycles. The van der Waals surface area contributed by atoms with E-state index >= 15 is 0 Å². The van der Waals surface area contributed by atoms with E-state index < -0.39 is 58.9 Å². The first-order valence-corrected chi connectivity index (χ1v) is 19.6. The third-order valence-electron chi connectivity index (χ3n) is 7.83. The number of hydrogen-bond acceptors (Lipinski definition) is 11. The number of likely N-dealkylation sites (N-methyl/N-ethyl adjacent to an activating group) is 2. The number of anilines is 2. The first-order valence-electron chi connectivity index (χ1n) is 14.7. The van der Waals surface area contributed by atoms with Gasteiger partial charge in [-0.15, -0.1) is 4.40 Å². The van der Waals surface area contributed by atoms with Crippen LogP contribution in [0.15, 0.2) is 51.8 Å². The molecule has 4 rings (SSSR count). The molecule has 0 bridgehead atoms. The number of carbonyl (C=O) groups is 2. The average Bonchev–Trinajstić information content (AvgIpc) is 2.96. The maximum Gasteiger partial charge on any atom is 0.286 e. The van der Waals surface area contributed by atoms with E-state index in [-0.39, 0.29) is 52.0 Å². The molecule has 252 valence electrons. The van der Waals surface area contributed by atoms with Crippen molar-refractivity contribution in [2.24, 2.45) is 16.2 Å². The Morgan fingerprint density at radius 2 is 1.76 bits per heavy atom. The molecular weight excluding hydrogens is 657 g/mol. The Balaban J connectivity index is 1.81. The van der Waals surface area contributed by atoms with Crippen LogP contribution in [0.3, 0.4) is 0 Å². The molecule has 1 aliphatic heterocycles. The average molecular weight is 697 g/mol. The van der Waals surface area contributed by atoms with Gasteiger partial charge in [0.05, 0.1) is 17.7 Å². The highest BCUT2D eigenvalue weighted by Crippen LogP contribution is 2.42. The Kier molecular flexibility index (Phi) is 10.4. The molecule has 0 saturated heterocycles. The summed E-state index contributed by atoms with van der Waals surface area (Å²) in [4.78, 5) is 30.1. The maximum atomic E-state index is 14.7. The quantitative estimate of drug-likeness (QED) is 0.208. The lowest BCUT2D eigenvalue weighted by Crippen LogP contribution is -2.61. The molecule has 2 aromatic carbocycles. The van der Waals surface area contributed by atoms with E-state index in [1.807, 2.05) is 18.7 Å². The zero-order chi connectivity index (χ0) is 34.1. The van der Waals surface area contributed by atoms with Crippen LogP contribution in [0.1, 0.15) is 42.6 Å². The molecule has 17 heteroatoms. The van der Waals surface area contributed by atoms with E-state index in [4.69, 9.17) is 0 Å². The standard InChI is InChI=1S/C29H40N6O8S3/c1-19(2)12-13-29(34-45(40,41)17-16-35(4)15-14-30-3)22-9-7-6-8-21(22)26(36)25(27(29)37)28-31-23-11-10-20(32-44(5,38)39)18-24(23)46(42,43)33-28/h6-11,18-19,25,30,32,34H,12-17H2,1-5H3,(H,31,33). The molecule has 0 saturated carbocycles. The fourth-order valence-corrected chi connectivity index (χ4v) is 8.71. The number of benzene rings is 2. The summed E-state index contributed by atoms with van der Waals surface area (Å²) in [6.07, 6.45) is 1.33. The molecule has 0 fully saturated rings. The van der Waals surface area contributed by atoms with Crippen molar-refractivity contribution in [2.75, 3.05) is 55.8 Å². The lowest BCUT2D eigenvalue weighted by atomic mass is 9.67. The lowest BCUT2D eigenvalue weighted by molar-refractivity contribution is -0.126.